The van der Waals surface area contributed by atoms with Gasteiger partial charge in [-0.3, -0.25) is 14.5 Å². The van der Waals surface area contributed by atoms with Crippen molar-refractivity contribution < 1.29 is 9.59 Å². The van der Waals surface area contributed by atoms with Crippen molar-refractivity contribution in [1.82, 2.24) is 9.80 Å². The van der Waals surface area contributed by atoms with Crippen LogP contribution in [0.4, 0.5) is 0 Å². The predicted molar refractivity (Wildman–Crippen MR) is 88.9 cm³/mol. The number of hydrogen-bond donors (Lipinski definition) is 0. The van der Waals surface area contributed by atoms with Crippen molar-refractivity contribution >= 4 is 34.3 Å². The summed E-state index contributed by atoms with van der Waals surface area (Å²) in [6.45, 7) is 5.85. The van der Waals surface area contributed by atoms with Crippen molar-refractivity contribution in [2.75, 3.05) is 33.2 Å². The molecule has 0 unspecified atom stereocenters. The molecule has 0 saturated heterocycles. The van der Waals surface area contributed by atoms with Gasteiger partial charge in [0.15, 0.2) is 5.78 Å². The van der Waals surface area contributed by atoms with Gasteiger partial charge in [0.1, 0.15) is 0 Å². The quantitative estimate of drug-likeness (QED) is 0.532. The number of halogens is 1. The Bertz CT molecular complexity index is 455. The molecule has 0 aliphatic rings. The highest BCUT2D eigenvalue weighted by Gasteiger charge is 2.15. The number of hydrogen-bond acceptors (Lipinski definition) is 3. The summed E-state index contributed by atoms with van der Waals surface area (Å²) in [6, 6.07) is 7.47. The molecule has 0 aliphatic carbocycles. The van der Waals surface area contributed by atoms with Gasteiger partial charge in [0.2, 0.25) is 5.91 Å². The van der Waals surface area contributed by atoms with Crippen molar-refractivity contribution in [3.8, 4) is 0 Å². The van der Waals surface area contributed by atoms with E-state index in [0.29, 0.717) is 18.7 Å². The van der Waals surface area contributed by atoms with Crippen molar-refractivity contribution in [3.05, 3.63) is 33.4 Å². The van der Waals surface area contributed by atoms with Crippen LogP contribution in [-0.4, -0.2) is 54.7 Å². The molecular formula is C15H21IN2O2. The Balaban J connectivity index is 2.53. The molecule has 4 nitrogen and oxygen atoms in total. The minimum atomic E-state index is 0.0382. The van der Waals surface area contributed by atoms with Crippen LogP contribution < -0.4 is 0 Å². The number of nitrogens with zero attached hydrogens (tertiary/aromatic N) is 2. The second kappa shape index (κ2) is 8.36. The summed E-state index contributed by atoms with van der Waals surface area (Å²) < 4.78 is 1.10. The number of carbonyl (C=O) groups excluding carboxylic acids is 2. The van der Waals surface area contributed by atoms with Gasteiger partial charge in [-0.1, -0.05) is 12.1 Å². The third-order valence-electron chi connectivity index (χ3n) is 3.10. The van der Waals surface area contributed by atoms with Gasteiger partial charge < -0.3 is 4.90 Å². The van der Waals surface area contributed by atoms with Crippen LogP contribution in [0.3, 0.4) is 0 Å². The molecule has 0 bridgehead atoms. The molecule has 0 heterocycles. The summed E-state index contributed by atoms with van der Waals surface area (Å²) >= 11 is 2.21. The number of benzene rings is 1. The number of Topliss-reactive ketones (excluding diaryl/α,β-unsaturated/α-hetero) is 1. The van der Waals surface area contributed by atoms with E-state index >= 15 is 0 Å². The Hall–Kier alpha value is -0.950. The molecule has 0 aromatic heterocycles. The maximum absolute atomic E-state index is 12.1. The molecule has 1 aromatic carbocycles. The van der Waals surface area contributed by atoms with E-state index < -0.39 is 0 Å². The molecule has 0 spiro atoms. The van der Waals surface area contributed by atoms with Crippen LogP contribution >= 0.6 is 22.6 Å². The molecule has 0 radical (unpaired) electrons. The Morgan fingerprint density at radius 2 is 1.60 bits per heavy atom. The van der Waals surface area contributed by atoms with Crippen LogP contribution in [0, 0.1) is 3.57 Å². The number of carbonyl (C=O) groups is 2. The lowest BCUT2D eigenvalue weighted by Gasteiger charge is -2.22. The van der Waals surface area contributed by atoms with Crippen molar-refractivity contribution in [2.24, 2.45) is 0 Å². The molecule has 20 heavy (non-hydrogen) atoms. The van der Waals surface area contributed by atoms with Gasteiger partial charge in [-0.15, -0.1) is 0 Å². The summed E-state index contributed by atoms with van der Waals surface area (Å²) in [5, 5.41) is 0. The fraction of sp³-hybridized carbons (Fsp3) is 0.467. The van der Waals surface area contributed by atoms with Gasteiger partial charge in [0.05, 0.1) is 13.1 Å². The summed E-state index contributed by atoms with van der Waals surface area (Å²) in [4.78, 5) is 27.6. The zero-order valence-electron chi connectivity index (χ0n) is 12.2. The van der Waals surface area contributed by atoms with Crippen LogP contribution in [0.2, 0.25) is 0 Å². The standard InChI is InChI=1S/C15H21IN2O2/c1-4-18(5-2)15(20)11-17(3)10-14(19)12-6-8-13(16)9-7-12/h6-9H,4-5,10-11H2,1-3H3. The minimum absolute atomic E-state index is 0.0382. The van der Waals surface area contributed by atoms with Crippen molar-refractivity contribution in [2.45, 2.75) is 13.8 Å². The van der Waals surface area contributed by atoms with E-state index in [-0.39, 0.29) is 24.8 Å². The molecule has 0 aliphatic heterocycles. The fourth-order valence-corrected chi connectivity index (χ4v) is 2.29. The van der Waals surface area contributed by atoms with Gasteiger partial charge in [-0.05, 0) is 55.6 Å². The van der Waals surface area contributed by atoms with E-state index in [2.05, 4.69) is 22.6 Å². The highest BCUT2D eigenvalue weighted by atomic mass is 127. The van der Waals surface area contributed by atoms with Gasteiger partial charge in [-0.2, -0.15) is 0 Å². The molecular weight excluding hydrogens is 367 g/mol. The topological polar surface area (TPSA) is 40.6 Å². The van der Waals surface area contributed by atoms with Crippen LogP contribution in [0.25, 0.3) is 0 Å². The Labute approximate surface area is 134 Å². The first kappa shape index (κ1) is 17.1. The lowest BCUT2D eigenvalue weighted by molar-refractivity contribution is -0.131. The predicted octanol–water partition coefficient (Wildman–Crippen LogP) is 2.27. The van der Waals surface area contributed by atoms with E-state index in [1.807, 2.05) is 38.1 Å². The molecule has 0 atom stereocenters. The van der Waals surface area contributed by atoms with E-state index in [0.717, 1.165) is 3.57 Å². The molecule has 1 aromatic rings. The first-order valence-electron chi connectivity index (χ1n) is 6.73. The first-order chi connectivity index (χ1) is 9.47. The molecule has 110 valence electrons. The number of ketones is 1. The van der Waals surface area contributed by atoms with Gasteiger partial charge in [-0.25, -0.2) is 0 Å². The summed E-state index contributed by atoms with van der Waals surface area (Å²) in [5.41, 5.74) is 0.688. The van der Waals surface area contributed by atoms with Crippen LogP contribution in [0.15, 0.2) is 24.3 Å². The van der Waals surface area contributed by atoms with Crippen molar-refractivity contribution in [3.63, 3.8) is 0 Å². The molecule has 0 N–H and O–H groups in total. The summed E-state index contributed by atoms with van der Waals surface area (Å²) in [5.74, 6) is 0.101. The van der Waals surface area contributed by atoms with Crippen LogP contribution in [0.1, 0.15) is 24.2 Å². The highest BCUT2D eigenvalue weighted by molar-refractivity contribution is 14.1. The largest absolute Gasteiger partial charge is 0.342 e. The van der Waals surface area contributed by atoms with Crippen molar-refractivity contribution in [1.29, 1.82) is 0 Å². The summed E-state index contributed by atoms with van der Waals surface area (Å²) in [6.07, 6.45) is 0. The third-order valence-corrected chi connectivity index (χ3v) is 3.82. The number of likely N-dealkylation sites (N-methyl/N-ethyl adjacent to an activating group) is 2. The normalized spacial score (nSPS) is 10.7. The van der Waals surface area contributed by atoms with E-state index in [9.17, 15) is 9.59 Å². The maximum atomic E-state index is 12.1. The monoisotopic (exact) mass is 388 g/mol. The van der Waals surface area contributed by atoms with E-state index in [1.165, 1.54) is 0 Å². The molecule has 0 saturated carbocycles. The zero-order valence-corrected chi connectivity index (χ0v) is 14.4. The second-order valence-electron chi connectivity index (χ2n) is 4.67. The zero-order chi connectivity index (χ0) is 15.1. The molecule has 0 fully saturated rings. The average molecular weight is 388 g/mol. The Morgan fingerprint density at radius 1 is 1.05 bits per heavy atom. The lowest BCUT2D eigenvalue weighted by Crippen LogP contribution is -2.40. The average Bonchev–Trinajstić information content (AvgIpc) is 2.40. The third kappa shape index (κ3) is 5.20. The Morgan fingerprint density at radius 3 is 2.10 bits per heavy atom. The van der Waals surface area contributed by atoms with Gasteiger partial charge >= 0.3 is 0 Å². The number of rotatable bonds is 7. The minimum Gasteiger partial charge on any atom is -0.342 e. The second-order valence-corrected chi connectivity index (χ2v) is 5.91. The van der Waals surface area contributed by atoms with E-state index in [4.69, 9.17) is 0 Å². The van der Waals surface area contributed by atoms with E-state index in [1.54, 1.807) is 16.8 Å². The molecule has 1 rings (SSSR count). The highest BCUT2D eigenvalue weighted by Crippen LogP contribution is 2.08. The Kier molecular flexibility index (Phi) is 7.15. The SMILES string of the molecule is CCN(CC)C(=O)CN(C)CC(=O)c1ccc(I)cc1. The maximum Gasteiger partial charge on any atom is 0.236 e. The fourth-order valence-electron chi connectivity index (χ4n) is 1.94. The van der Waals surface area contributed by atoms with Gasteiger partial charge in [0, 0.05) is 22.2 Å². The number of amides is 1. The smallest absolute Gasteiger partial charge is 0.236 e. The summed E-state index contributed by atoms with van der Waals surface area (Å²) in [7, 11) is 1.80. The van der Waals surface area contributed by atoms with Crippen LogP contribution in [-0.2, 0) is 4.79 Å². The van der Waals surface area contributed by atoms with Gasteiger partial charge in [0.25, 0.3) is 0 Å². The molecule has 5 heteroatoms. The lowest BCUT2D eigenvalue weighted by atomic mass is 10.1. The first-order valence-corrected chi connectivity index (χ1v) is 7.80. The van der Waals surface area contributed by atoms with Crippen LogP contribution in [0.5, 0.6) is 0 Å². The molecule has 1 amide bonds.